The second kappa shape index (κ2) is 2.41. The van der Waals surface area contributed by atoms with E-state index in [-0.39, 0.29) is 0 Å². The maximum atomic E-state index is 3.62. The van der Waals surface area contributed by atoms with Gasteiger partial charge in [0.25, 0.3) is 0 Å². The number of allylic oxidation sites excluding steroid dienone is 1. The molecule has 0 spiro atoms. The quantitative estimate of drug-likeness (QED) is 0.398. The first-order valence-corrected chi connectivity index (χ1v) is 3.54. The molecule has 0 aromatic rings. The van der Waals surface area contributed by atoms with Crippen molar-refractivity contribution >= 4 is 11.8 Å². The summed E-state index contributed by atoms with van der Waals surface area (Å²) in [7, 11) is 0. The standard InChI is InChI=1S/C6H9S/c1-2-3-4-6-5-7-6/h2,4,6H,1,3,5H2. The van der Waals surface area contributed by atoms with Crippen LogP contribution >= 0.6 is 11.8 Å². The summed E-state index contributed by atoms with van der Waals surface area (Å²) in [5.41, 5.74) is 0. The summed E-state index contributed by atoms with van der Waals surface area (Å²) in [5.74, 6) is 1.34. The maximum absolute atomic E-state index is 3.62. The average molecular weight is 113 g/mol. The van der Waals surface area contributed by atoms with E-state index in [0.29, 0.717) is 0 Å². The van der Waals surface area contributed by atoms with Crippen LogP contribution < -0.4 is 0 Å². The van der Waals surface area contributed by atoms with Crippen molar-refractivity contribution in [2.45, 2.75) is 11.7 Å². The molecule has 0 aromatic carbocycles. The van der Waals surface area contributed by atoms with E-state index in [4.69, 9.17) is 0 Å². The Labute approximate surface area is 49.0 Å². The number of hydrogen-bond donors (Lipinski definition) is 0. The lowest BCUT2D eigenvalue weighted by Crippen LogP contribution is -1.79. The minimum atomic E-state index is 0.873. The van der Waals surface area contributed by atoms with E-state index >= 15 is 0 Å². The lowest BCUT2D eigenvalue weighted by atomic mass is 10.2. The van der Waals surface area contributed by atoms with Gasteiger partial charge in [-0.25, -0.2) is 0 Å². The van der Waals surface area contributed by atoms with Crippen molar-refractivity contribution in [2.75, 3.05) is 5.75 Å². The van der Waals surface area contributed by atoms with E-state index in [0.717, 1.165) is 11.7 Å². The lowest BCUT2D eigenvalue weighted by Gasteiger charge is -1.83. The summed E-state index contributed by atoms with van der Waals surface area (Å²) in [4.78, 5) is 0. The van der Waals surface area contributed by atoms with Crippen molar-refractivity contribution in [3.05, 3.63) is 19.1 Å². The molecule has 0 saturated carbocycles. The third-order valence-corrected chi connectivity index (χ3v) is 1.84. The van der Waals surface area contributed by atoms with Crippen LogP contribution in [0.1, 0.15) is 6.42 Å². The fourth-order valence-corrected chi connectivity index (χ4v) is 0.934. The van der Waals surface area contributed by atoms with E-state index in [1.165, 1.54) is 5.75 Å². The second-order valence-corrected chi connectivity index (χ2v) is 2.90. The van der Waals surface area contributed by atoms with E-state index in [2.05, 4.69) is 13.0 Å². The monoisotopic (exact) mass is 113 g/mol. The van der Waals surface area contributed by atoms with E-state index in [1.807, 2.05) is 17.8 Å². The average Bonchev–Trinajstić information content (AvgIpc) is 2.42. The molecule has 1 fully saturated rings. The van der Waals surface area contributed by atoms with Gasteiger partial charge in [0.05, 0.1) is 0 Å². The first kappa shape index (κ1) is 5.23. The fraction of sp³-hybridized carbons (Fsp3) is 0.500. The van der Waals surface area contributed by atoms with E-state index < -0.39 is 0 Å². The smallest absolute Gasteiger partial charge is 0.0173 e. The van der Waals surface area contributed by atoms with Crippen molar-refractivity contribution < 1.29 is 0 Å². The summed E-state index contributed by atoms with van der Waals surface area (Å²) in [5, 5.41) is 0.873. The van der Waals surface area contributed by atoms with Gasteiger partial charge in [-0.2, -0.15) is 11.8 Å². The van der Waals surface area contributed by atoms with Gasteiger partial charge in [0.1, 0.15) is 0 Å². The minimum Gasteiger partial charge on any atom is -0.156 e. The van der Waals surface area contributed by atoms with E-state index in [9.17, 15) is 0 Å². The normalized spacial score (nSPS) is 27.1. The third-order valence-electron chi connectivity index (χ3n) is 0.925. The van der Waals surface area contributed by atoms with Crippen molar-refractivity contribution in [1.29, 1.82) is 0 Å². The van der Waals surface area contributed by atoms with Gasteiger partial charge in [0.15, 0.2) is 0 Å². The second-order valence-electron chi connectivity index (χ2n) is 1.63. The predicted molar refractivity (Wildman–Crippen MR) is 35.4 cm³/mol. The highest BCUT2D eigenvalue weighted by Crippen LogP contribution is 2.33. The van der Waals surface area contributed by atoms with Crippen LogP contribution in [0.5, 0.6) is 0 Å². The molecule has 1 radical (unpaired) electrons. The summed E-state index contributed by atoms with van der Waals surface area (Å²) < 4.78 is 0. The van der Waals surface area contributed by atoms with Gasteiger partial charge in [-0.3, -0.25) is 0 Å². The highest BCUT2D eigenvalue weighted by molar-refractivity contribution is 8.07. The zero-order valence-corrected chi connectivity index (χ0v) is 5.08. The molecule has 1 heterocycles. The molecule has 0 aliphatic carbocycles. The molecule has 0 aromatic heterocycles. The first-order chi connectivity index (χ1) is 3.43. The zero-order valence-electron chi connectivity index (χ0n) is 4.26. The molecular formula is C6H9S. The van der Waals surface area contributed by atoms with Crippen LogP contribution in [-0.2, 0) is 0 Å². The molecule has 1 atom stereocenters. The van der Waals surface area contributed by atoms with Gasteiger partial charge in [-0.1, -0.05) is 6.08 Å². The Hall–Kier alpha value is 0.0900. The Balaban J connectivity index is 1.88. The summed E-state index contributed by atoms with van der Waals surface area (Å²) in [6.07, 6.45) is 5.33. The molecule has 0 bridgehead atoms. The van der Waals surface area contributed by atoms with Gasteiger partial charge in [0.2, 0.25) is 0 Å². The summed E-state index contributed by atoms with van der Waals surface area (Å²) >= 11 is 2.00. The molecule has 39 valence electrons. The highest BCUT2D eigenvalue weighted by Gasteiger charge is 2.20. The molecule has 1 unspecified atom stereocenters. The molecule has 1 aliphatic rings. The number of thioether (sulfide) groups is 1. The van der Waals surface area contributed by atoms with Crippen molar-refractivity contribution in [3.63, 3.8) is 0 Å². The van der Waals surface area contributed by atoms with Crippen LogP contribution in [0.15, 0.2) is 12.7 Å². The molecule has 1 saturated heterocycles. The lowest BCUT2D eigenvalue weighted by molar-refractivity contribution is 1.12. The number of rotatable bonds is 3. The van der Waals surface area contributed by atoms with Crippen LogP contribution in [0.2, 0.25) is 0 Å². The van der Waals surface area contributed by atoms with Gasteiger partial charge >= 0.3 is 0 Å². The molecule has 0 amide bonds. The summed E-state index contributed by atoms with van der Waals surface area (Å²) in [6, 6.07) is 0. The van der Waals surface area contributed by atoms with Crippen molar-refractivity contribution in [2.24, 2.45) is 0 Å². The zero-order chi connectivity index (χ0) is 5.11. The fourth-order valence-electron chi connectivity index (χ4n) is 0.440. The minimum absolute atomic E-state index is 0.873. The Bertz CT molecular complexity index is 64.6. The van der Waals surface area contributed by atoms with Gasteiger partial charge < -0.3 is 0 Å². The Morgan fingerprint density at radius 3 is 3.00 bits per heavy atom. The molecule has 1 rings (SSSR count). The third kappa shape index (κ3) is 2.03. The van der Waals surface area contributed by atoms with Crippen LogP contribution in [0.25, 0.3) is 0 Å². The van der Waals surface area contributed by atoms with Gasteiger partial charge in [-0.05, 0) is 12.8 Å². The molecular weight excluding hydrogens is 104 g/mol. The van der Waals surface area contributed by atoms with Gasteiger partial charge in [0, 0.05) is 11.0 Å². The highest BCUT2D eigenvalue weighted by atomic mass is 32.2. The largest absolute Gasteiger partial charge is 0.156 e. The Morgan fingerprint density at radius 1 is 1.86 bits per heavy atom. The van der Waals surface area contributed by atoms with Gasteiger partial charge in [-0.15, -0.1) is 6.58 Å². The molecule has 1 heteroatoms. The topological polar surface area (TPSA) is 0 Å². The van der Waals surface area contributed by atoms with Crippen LogP contribution in [0.4, 0.5) is 0 Å². The first-order valence-electron chi connectivity index (χ1n) is 2.49. The Morgan fingerprint density at radius 2 is 2.57 bits per heavy atom. The molecule has 0 N–H and O–H groups in total. The SMILES string of the molecule is C=CC[CH]C1CS1. The van der Waals surface area contributed by atoms with E-state index in [1.54, 1.807) is 0 Å². The molecule has 1 aliphatic heterocycles. The van der Waals surface area contributed by atoms with Crippen molar-refractivity contribution in [1.82, 2.24) is 0 Å². The molecule has 7 heavy (non-hydrogen) atoms. The van der Waals surface area contributed by atoms with Crippen LogP contribution in [0.3, 0.4) is 0 Å². The predicted octanol–water partition coefficient (Wildman–Crippen LogP) is 1.88. The maximum Gasteiger partial charge on any atom is 0.0173 e. The van der Waals surface area contributed by atoms with Crippen LogP contribution in [-0.4, -0.2) is 11.0 Å². The van der Waals surface area contributed by atoms with Crippen molar-refractivity contribution in [3.8, 4) is 0 Å². The molecule has 0 nitrogen and oxygen atoms in total. The Kier molecular flexibility index (Phi) is 1.80. The number of hydrogen-bond acceptors (Lipinski definition) is 1. The van der Waals surface area contributed by atoms with Crippen LogP contribution in [0, 0.1) is 6.42 Å². The summed E-state index contributed by atoms with van der Waals surface area (Å²) in [6.45, 7) is 3.62.